The molecular formula is C19H20F3NO4. The molecule has 2 aromatic rings. The molecule has 2 aromatic carbocycles. The number of ether oxygens (including phenoxy) is 1. The number of carbonyl (C=O) groups is 1. The first-order valence-corrected chi connectivity index (χ1v) is 8.13. The van der Waals surface area contributed by atoms with Gasteiger partial charge in [-0.3, -0.25) is 10.0 Å². The van der Waals surface area contributed by atoms with Gasteiger partial charge in [0.2, 0.25) is 0 Å². The summed E-state index contributed by atoms with van der Waals surface area (Å²) in [5.41, 5.74) is 1.49. The van der Waals surface area contributed by atoms with E-state index in [2.05, 4.69) is 0 Å². The van der Waals surface area contributed by atoms with E-state index in [0.717, 1.165) is 18.1 Å². The van der Waals surface area contributed by atoms with E-state index in [9.17, 15) is 23.1 Å². The Labute approximate surface area is 154 Å². The summed E-state index contributed by atoms with van der Waals surface area (Å²) in [6.07, 6.45) is -8.53. The normalized spacial score (nSPS) is 15.0. The zero-order valence-electron chi connectivity index (χ0n) is 14.5. The predicted molar refractivity (Wildman–Crippen MR) is 91.7 cm³/mol. The number of amides is 1. The summed E-state index contributed by atoms with van der Waals surface area (Å²) < 4.78 is 43.0. The second kappa shape index (κ2) is 8.51. The summed E-state index contributed by atoms with van der Waals surface area (Å²) in [4.78, 5) is 11.8. The highest BCUT2D eigenvalue weighted by molar-refractivity contribution is 5.84. The molecule has 146 valence electrons. The van der Waals surface area contributed by atoms with Crippen LogP contribution in [0, 0.1) is 0 Å². The van der Waals surface area contributed by atoms with Gasteiger partial charge in [0.05, 0.1) is 13.0 Å². The van der Waals surface area contributed by atoms with Crippen LogP contribution >= 0.6 is 0 Å². The lowest BCUT2D eigenvalue weighted by atomic mass is 9.95. The van der Waals surface area contributed by atoms with E-state index in [1.165, 1.54) is 5.48 Å². The minimum Gasteiger partial charge on any atom is -0.389 e. The molecule has 0 aliphatic carbocycles. The average Bonchev–Trinajstić information content (AvgIpc) is 2.65. The first-order valence-electron chi connectivity index (χ1n) is 8.13. The summed E-state index contributed by atoms with van der Waals surface area (Å²) in [6, 6.07) is 16.6. The quantitative estimate of drug-likeness (QED) is 0.506. The van der Waals surface area contributed by atoms with Crippen molar-refractivity contribution in [1.82, 2.24) is 5.48 Å². The van der Waals surface area contributed by atoms with Gasteiger partial charge in [-0.05, 0) is 23.6 Å². The van der Waals surface area contributed by atoms with Crippen molar-refractivity contribution in [2.45, 2.75) is 37.8 Å². The van der Waals surface area contributed by atoms with E-state index >= 15 is 0 Å². The van der Waals surface area contributed by atoms with Crippen molar-refractivity contribution < 1.29 is 33.0 Å². The van der Waals surface area contributed by atoms with Gasteiger partial charge in [0.1, 0.15) is 6.10 Å². The molecule has 3 N–H and O–H groups in total. The number of benzene rings is 2. The first kappa shape index (κ1) is 20.9. The van der Waals surface area contributed by atoms with Crippen LogP contribution in [0.25, 0.3) is 11.1 Å². The Bertz CT molecular complexity index is 750. The molecule has 0 unspecified atom stereocenters. The molecule has 0 spiro atoms. The molecule has 0 radical (unpaired) electrons. The predicted octanol–water partition coefficient (Wildman–Crippen LogP) is 3.45. The van der Waals surface area contributed by atoms with Gasteiger partial charge in [-0.15, -0.1) is 0 Å². The Morgan fingerprint density at radius 3 is 2.15 bits per heavy atom. The molecule has 0 aliphatic heterocycles. The maximum Gasteiger partial charge on any atom is 0.391 e. The Kier molecular flexibility index (Phi) is 6.59. The first-order chi connectivity index (χ1) is 12.7. The highest BCUT2D eigenvalue weighted by Gasteiger charge is 2.47. The fraction of sp³-hybridized carbons (Fsp3) is 0.316. The van der Waals surface area contributed by atoms with Crippen molar-refractivity contribution in [3.8, 4) is 11.1 Å². The molecule has 2 rings (SSSR count). The van der Waals surface area contributed by atoms with Gasteiger partial charge in [0.25, 0.3) is 5.91 Å². The van der Waals surface area contributed by atoms with E-state index in [1.807, 2.05) is 42.5 Å². The van der Waals surface area contributed by atoms with E-state index in [0.29, 0.717) is 5.56 Å². The molecule has 1 amide bonds. The van der Waals surface area contributed by atoms with Crippen molar-refractivity contribution in [3.63, 3.8) is 0 Å². The van der Waals surface area contributed by atoms with Crippen LogP contribution < -0.4 is 5.48 Å². The molecule has 0 heterocycles. The molecule has 0 bridgehead atoms. The number of hydroxylamine groups is 1. The Morgan fingerprint density at radius 1 is 1.07 bits per heavy atom. The molecule has 0 aromatic heterocycles. The zero-order chi connectivity index (χ0) is 20.1. The Morgan fingerprint density at radius 2 is 1.63 bits per heavy atom. The lowest BCUT2D eigenvalue weighted by Gasteiger charge is -2.32. The van der Waals surface area contributed by atoms with E-state index < -0.39 is 30.2 Å². The minimum atomic E-state index is -4.70. The number of halogens is 3. The van der Waals surface area contributed by atoms with Crippen molar-refractivity contribution in [1.29, 1.82) is 0 Å². The highest BCUT2D eigenvalue weighted by atomic mass is 19.4. The van der Waals surface area contributed by atoms with E-state index in [1.54, 1.807) is 12.1 Å². The van der Waals surface area contributed by atoms with Gasteiger partial charge in [0, 0.05) is 0 Å². The summed E-state index contributed by atoms with van der Waals surface area (Å²) in [7, 11) is 0. The van der Waals surface area contributed by atoms with Gasteiger partial charge < -0.3 is 9.84 Å². The van der Waals surface area contributed by atoms with E-state index in [-0.39, 0.29) is 6.61 Å². The number of hydrogen-bond donors (Lipinski definition) is 3. The molecule has 8 heteroatoms. The molecule has 0 aliphatic rings. The van der Waals surface area contributed by atoms with Crippen LogP contribution in [0.2, 0.25) is 0 Å². The number of carbonyl (C=O) groups excluding carboxylic acids is 1. The van der Waals surface area contributed by atoms with Crippen molar-refractivity contribution in [2.24, 2.45) is 0 Å². The maximum atomic E-state index is 12.6. The van der Waals surface area contributed by atoms with Gasteiger partial charge in [-0.1, -0.05) is 54.6 Å². The Balaban J connectivity index is 2.11. The van der Waals surface area contributed by atoms with Crippen LogP contribution in [-0.4, -0.2) is 34.1 Å². The van der Waals surface area contributed by atoms with Crippen LogP contribution in [-0.2, 0) is 16.1 Å². The maximum absolute atomic E-state index is 12.6. The lowest BCUT2D eigenvalue weighted by molar-refractivity contribution is -0.201. The minimum absolute atomic E-state index is 0.228. The number of hydrogen-bond acceptors (Lipinski definition) is 4. The van der Waals surface area contributed by atoms with Gasteiger partial charge >= 0.3 is 6.18 Å². The van der Waals surface area contributed by atoms with Crippen molar-refractivity contribution >= 4 is 5.91 Å². The highest BCUT2D eigenvalue weighted by Crippen LogP contribution is 2.29. The van der Waals surface area contributed by atoms with Gasteiger partial charge in [-0.2, -0.15) is 13.2 Å². The number of alkyl halides is 3. The topological polar surface area (TPSA) is 78.8 Å². The van der Waals surface area contributed by atoms with Gasteiger partial charge in [-0.25, -0.2) is 5.48 Å². The fourth-order valence-electron chi connectivity index (χ4n) is 2.50. The molecule has 0 saturated carbocycles. The van der Waals surface area contributed by atoms with Crippen LogP contribution in [0.4, 0.5) is 13.2 Å². The molecular weight excluding hydrogens is 363 g/mol. The monoisotopic (exact) mass is 383 g/mol. The fourth-order valence-corrected chi connectivity index (χ4v) is 2.50. The largest absolute Gasteiger partial charge is 0.391 e. The summed E-state index contributed by atoms with van der Waals surface area (Å²) >= 11 is 0. The lowest BCUT2D eigenvalue weighted by Crippen LogP contribution is -2.55. The van der Waals surface area contributed by atoms with Crippen LogP contribution in [0.15, 0.2) is 54.6 Å². The third-order valence-electron chi connectivity index (χ3n) is 4.21. The molecule has 0 saturated heterocycles. The third kappa shape index (κ3) is 5.53. The number of aliphatic hydroxyl groups is 1. The number of rotatable bonds is 7. The van der Waals surface area contributed by atoms with E-state index in [4.69, 9.17) is 9.94 Å². The van der Waals surface area contributed by atoms with Crippen LogP contribution in [0.5, 0.6) is 0 Å². The van der Waals surface area contributed by atoms with Crippen molar-refractivity contribution in [3.05, 3.63) is 60.2 Å². The smallest absolute Gasteiger partial charge is 0.389 e. The SMILES string of the molecule is C[C@@](OCc1ccc(-c2ccccc2)cc1)(C(=O)NO)[C@@H](O)CC(F)(F)F. The standard InChI is InChI=1S/C19H20F3NO4/c1-18(17(25)23-26,16(24)11-19(20,21)22)27-12-13-7-9-15(10-8-13)14-5-3-2-4-6-14/h2-10,16,24,26H,11-12H2,1H3,(H,23,25)/t16-,18-/m0/s1. The second-order valence-corrected chi connectivity index (χ2v) is 6.23. The van der Waals surface area contributed by atoms with Crippen molar-refractivity contribution in [2.75, 3.05) is 0 Å². The van der Waals surface area contributed by atoms with Gasteiger partial charge in [0.15, 0.2) is 5.60 Å². The molecule has 27 heavy (non-hydrogen) atoms. The number of aliphatic hydroxyl groups excluding tert-OH is 1. The van der Waals surface area contributed by atoms with Crippen LogP contribution in [0.1, 0.15) is 18.9 Å². The Hall–Kier alpha value is -2.42. The summed E-state index contributed by atoms with van der Waals surface area (Å²) in [5.74, 6) is -1.26. The molecule has 0 fully saturated rings. The zero-order valence-corrected chi connectivity index (χ0v) is 14.5. The summed E-state index contributed by atoms with van der Waals surface area (Å²) in [6.45, 7) is 0.765. The number of nitrogens with one attached hydrogen (secondary N) is 1. The molecule has 2 atom stereocenters. The average molecular weight is 383 g/mol. The second-order valence-electron chi connectivity index (χ2n) is 6.23. The third-order valence-corrected chi connectivity index (χ3v) is 4.21. The van der Waals surface area contributed by atoms with Crippen LogP contribution in [0.3, 0.4) is 0 Å². The molecule has 5 nitrogen and oxygen atoms in total. The summed E-state index contributed by atoms with van der Waals surface area (Å²) in [5, 5.41) is 18.7.